The molecule has 1 rings (SSSR count). The van der Waals surface area contributed by atoms with Gasteiger partial charge in [-0.1, -0.05) is 52.0 Å². The average Bonchev–Trinajstić information content (AvgIpc) is 2.39. The van der Waals surface area contributed by atoms with Crippen LogP contribution >= 0.6 is 0 Å². The van der Waals surface area contributed by atoms with Gasteiger partial charge in [0.25, 0.3) is 0 Å². The lowest BCUT2D eigenvalue weighted by atomic mass is 9.81. The molecule has 0 bridgehead atoms. The molecule has 4 nitrogen and oxygen atoms in total. The third-order valence-corrected chi connectivity index (χ3v) is 5.37. The summed E-state index contributed by atoms with van der Waals surface area (Å²) in [5.74, 6) is 0.446. The Morgan fingerprint density at radius 1 is 1.10 bits per heavy atom. The van der Waals surface area contributed by atoms with Crippen LogP contribution < -0.4 is 10.0 Å². The fourth-order valence-corrected chi connectivity index (χ4v) is 3.05. The SMILES string of the molecule is CNCc1ccc(CS(=O)(=O)NCC(C)(C)C(C)C)cc1. The molecule has 0 spiro atoms. The van der Waals surface area contributed by atoms with E-state index >= 15 is 0 Å². The molecule has 0 amide bonds. The Balaban J connectivity index is 2.64. The van der Waals surface area contributed by atoms with Gasteiger partial charge in [0.05, 0.1) is 5.75 Å². The Morgan fingerprint density at radius 3 is 2.10 bits per heavy atom. The predicted molar refractivity (Wildman–Crippen MR) is 88.5 cm³/mol. The number of hydrogen-bond acceptors (Lipinski definition) is 3. The number of benzene rings is 1. The first kappa shape index (κ1) is 18.1. The van der Waals surface area contributed by atoms with Crippen molar-refractivity contribution in [3.8, 4) is 0 Å². The zero-order valence-electron chi connectivity index (χ0n) is 13.7. The van der Waals surface area contributed by atoms with E-state index in [9.17, 15) is 8.42 Å². The third kappa shape index (κ3) is 6.16. The largest absolute Gasteiger partial charge is 0.316 e. The van der Waals surface area contributed by atoms with Crippen LogP contribution in [0.25, 0.3) is 0 Å². The molecule has 0 aromatic heterocycles. The molecule has 2 N–H and O–H groups in total. The van der Waals surface area contributed by atoms with Crippen LogP contribution in [0, 0.1) is 11.3 Å². The molecule has 0 aliphatic rings. The summed E-state index contributed by atoms with van der Waals surface area (Å²) in [5.41, 5.74) is 1.90. The molecule has 5 heteroatoms. The zero-order valence-corrected chi connectivity index (χ0v) is 14.5. The van der Waals surface area contributed by atoms with E-state index < -0.39 is 10.0 Å². The molecule has 0 saturated carbocycles. The van der Waals surface area contributed by atoms with Crippen LogP contribution in [0.15, 0.2) is 24.3 Å². The van der Waals surface area contributed by atoms with Crippen molar-refractivity contribution in [3.05, 3.63) is 35.4 Å². The zero-order chi connectivity index (χ0) is 16.1. The normalized spacial score (nSPS) is 12.9. The highest BCUT2D eigenvalue weighted by molar-refractivity contribution is 7.88. The van der Waals surface area contributed by atoms with E-state index in [4.69, 9.17) is 0 Å². The fraction of sp³-hybridized carbons (Fsp3) is 0.625. The van der Waals surface area contributed by atoms with Crippen molar-refractivity contribution in [1.82, 2.24) is 10.0 Å². The minimum Gasteiger partial charge on any atom is -0.316 e. The first-order valence-electron chi connectivity index (χ1n) is 7.36. The van der Waals surface area contributed by atoms with Gasteiger partial charge in [-0.2, -0.15) is 0 Å². The van der Waals surface area contributed by atoms with Gasteiger partial charge in [0.1, 0.15) is 0 Å². The summed E-state index contributed by atoms with van der Waals surface area (Å²) in [4.78, 5) is 0. The summed E-state index contributed by atoms with van der Waals surface area (Å²) in [5, 5.41) is 3.07. The summed E-state index contributed by atoms with van der Waals surface area (Å²) >= 11 is 0. The third-order valence-electron chi connectivity index (χ3n) is 4.07. The Morgan fingerprint density at radius 2 is 1.62 bits per heavy atom. The molecular formula is C16H28N2O2S. The first-order valence-corrected chi connectivity index (χ1v) is 9.01. The molecule has 0 unspecified atom stereocenters. The second-order valence-corrected chi connectivity index (χ2v) is 8.38. The van der Waals surface area contributed by atoms with Gasteiger partial charge in [0, 0.05) is 13.1 Å². The molecule has 21 heavy (non-hydrogen) atoms. The van der Waals surface area contributed by atoms with Crippen molar-refractivity contribution in [2.24, 2.45) is 11.3 Å². The Kier molecular flexibility index (Phi) is 6.38. The molecule has 0 atom stereocenters. The maximum absolute atomic E-state index is 12.2. The van der Waals surface area contributed by atoms with Gasteiger partial charge >= 0.3 is 0 Å². The van der Waals surface area contributed by atoms with E-state index in [1.807, 2.05) is 31.3 Å². The molecule has 0 fully saturated rings. The fourth-order valence-electron chi connectivity index (χ4n) is 1.73. The standard InChI is InChI=1S/C16H28N2O2S/c1-13(2)16(3,4)12-18-21(19,20)11-15-8-6-14(7-9-15)10-17-5/h6-9,13,17-18H,10-12H2,1-5H3. The molecule has 120 valence electrons. The Labute approximate surface area is 129 Å². The van der Waals surface area contributed by atoms with Crippen molar-refractivity contribution < 1.29 is 8.42 Å². The van der Waals surface area contributed by atoms with Gasteiger partial charge in [-0.3, -0.25) is 0 Å². The van der Waals surface area contributed by atoms with Crippen LogP contribution in [0.5, 0.6) is 0 Å². The second-order valence-electron chi connectivity index (χ2n) is 6.57. The number of rotatable bonds is 8. The summed E-state index contributed by atoms with van der Waals surface area (Å²) < 4.78 is 27.0. The van der Waals surface area contributed by atoms with Gasteiger partial charge in [0.15, 0.2) is 0 Å². The van der Waals surface area contributed by atoms with Gasteiger partial charge in [-0.05, 0) is 29.5 Å². The lowest BCUT2D eigenvalue weighted by Gasteiger charge is -2.29. The molecule has 0 heterocycles. The van der Waals surface area contributed by atoms with Crippen molar-refractivity contribution in [2.75, 3.05) is 13.6 Å². The van der Waals surface area contributed by atoms with E-state index in [0.29, 0.717) is 12.5 Å². The van der Waals surface area contributed by atoms with E-state index in [2.05, 4.69) is 37.7 Å². The highest BCUT2D eigenvalue weighted by Gasteiger charge is 2.24. The maximum Gasteiger partial charge on any atom is 0.215 e. The quantitative estimate of drug-likeness (QED) is 0.775. The number of nitrogens with one attached hydrogen (secondary N) is 2. The topological polar surface area (TPSA) is 58.2 Å². The maximum atomic E-state index is 12.2. The van der Waals surface area contributed by atoms with Crippen molar-refractivity contribution in [2.45, 2.75) is 40.0 Å². The Bertz CT molecular complexity index is 534. The van der Waals surface area contributed by atoms with E-state index in [0.717, 1.165) is 17.7 Å². The summed E-state index contributed by atoms with van der Waals surface area (Å²) in [6, 6.07) is 7.66. The van der Waals surface area contributed by atoms with Crippen LogP contribution in [0.1, 0.15) is 38.8 Å². The lowest BCUT2D eigenvalue weighted by molar-refractivity contribution is 0.252. The van der Waals surface area contributed by atoms with Crippen molar-refractivity contribution >= 4 is 10.0 Å². The van der Waals surface area contributed by atoms with Gasteiger partial charge < -0.3 is 5.32 Å². The Hall–Kier alpha value is -0.910. The average molecular weight is 312 g/mol. The highest BCUT2D eigenvalue weighted by Crippen LogP contribution is 2.25. The van der Waals surface area contributed by atoms with Crippen LogP contribution in [0.2, 0.25) is 0 Å². The van der Waals surface area contributed by atoms with E-state index in [-0.39, 0.29) is 11.2 Å². The van der Waals surface area contributed by atoms with E-state index in [1.165, 1.54) is 0 Å². The predicted octanol–water partition coefficient (Wildman–Crippen LogP) is 2.51. The smallest absolute Gasteiger partial charge is 0.215 e. The molecule has 0 radical (unpaired) electrons. The van der Waals surface area contributed by atoms with Crippen LogP contribution in [0.3, 0.4) is 0 Å². The minimum absolute atomic E-state index is 0.0288. The molecule has 0 saturated heterocycles. The van der Waals surface area contributed by atoms with Crippen molar-refractivity contribution in [3.63, 3.8) is 0 Å². The summed E-state index contributed by atoms with van der Waals surface area (Å²) in [6.07, 6.45) is 0. The molecule has 0 aliphatic heterocycles. The monoisotopic (exact) mass is 312 g/mol. The van der Waals surface area contributed by atoms with Crippen LogP contribution in [-0.2, 0) is 22.3 Å². The number of hydrogen-bond donors (Lipinski definition) is 2. The molecule has 1 aromatic rings. The molecular weight excluding hydrogens is 284 g/mol. The lowest BCUT2D eigenvalue weighted by Crippen LogP contribution is -2.37. The number of sulfonamides is 1. The van der Waals surface area contributed by atoms with Gasteiger partial charge in [-0.15, -0.1) is 0 Å². The first-order chi connectivity index (χ1) is 9.66. The van der Waals surface area contributed by atoms with Crippen LogP contribution in [-0.4, -0.2) is 22.0 Å². The molecule has 1 aromatic carbocycles. The van der Waals surface area contributed by atoms with Gasteiger partial charge in [-0.25, -0.2) is 13.1 Å². The van der Waals surface area contributed by atoms with Gasteiger partial charge in [0.2, 0.25) is 10.0 Å². The van der Waals surface area contributed by atoms with E-state index in [1.54, 1.807) is 0 Å². The summed E-state index contributed by atoms with van der Waals surface area (Å²) in [7, 11) is -1.40. The van der Waals surface area contributed by atoms with Crippen molar-refractivity contribution in [1.29, 1.82) is 0 Å². The minimum atomic E-state index is -3.29. The highest BCUT2D eigenvalue weighted by atomic mass is 32.2. The molecule has 0 aliphatic carbocycles. The summed E-state index contributed by atoms with van der Waals surface area (Å²) in [6.45, 7) is 9.61. The second kappa shape index (κ2) is 7.38. The van der Waals surface area contributed by atoms with Crippen LogP contribution in [0.4, 0.5) is 0 Å².